The predicted octanol–water partition coefficient (Wildman–Crippen LogP) is 1.95. The van der Waals surface area contributed by atoms with Crippen molar-refractivity contribution in [2.45, 2.75) is 40.0 Å². The molecule has 1 unspecified atom stereocenters. The van der Waals surface area contributed by atoms with Crippen LogP contribution in [-0.2, 0) is 4.79 Å². The van der Waals surface area contributed by atoms with Gasteiger partial charge in [0.05, 0.1) is 11.6 Å². The zero-order valence-corrected chi connectivity index (χ0v) is 11.7. The van der Waals surface area contributed by atoms with Crippen LogP contribution in [-0.4, -0.2) is 28.7 Å². The van der Waals surface area contributed by atoms with Crippen molar-refractivity contribution in [1.82, 2.24) is 10.5 Å². The standard InChI is InChI=1S/C13H20N2O4/c1-7(2)11-10(9(4)15-19-11)12(16)14-6-5-8(3)13(17)18/h7-8H,5-6H2,1-4H3,(H,14,16)(H,17,18). The predicted molar refractivity (Wildman–Crippen MR) is 69.1 cm³/mol. The van der Waals surface area contributed by atoms with Gasteiger partial charge in [0, 0.05) is 12.5 Å². The molecule has 0 radical (unpaired) electrons. The van der Waals surface area contributed by atoms with Gasteiger partial charge in [-0.15, -0.1) is 0 Å². The molecule has 1 aromatic heterocycles. The Kier molecular flexibility index (Phi) is 5.09. The summed E-state index contributed by atoms with van der Waals surface area (Å²) in [5.74, 6) is -0.979. The first-order valence-corrected chi connectivity index (χ1v) is 6.31. The minimum atomic E-state index is -0.863. The second kappa shape index (κ2) is 6.36. The van der Waals surface area contributed by atoms with Crippen molar-refractivity contribution >= 4 is 11.9 Å². The van der Waals surface area contributed by atoms with Crippen LogP contribution in [0.5, 0.6) is 0 Å². The fraction of sp³-hybridized carbons (Fsp3) is 0.615. The maximum atomic E-state index is 12.0. The molecule has 1 atom stereocenters. The van der Waals surface area contributed by atoms with Crippen LogP contribution in [0.4, 0.5) is 0 Å². The highest BCUT2D eigenvalue weighted by molar-refractivity contribution is 5.96. The van der Waals surface area contributed by atoms with Crippen molar-refractivity contribution in [2.75, 3.05) is 6.54 Å². The molecule has 106 valence electrons. The Morgan fingerprint density at radius 1 is 1.37 bits per heavy atom. The Morgan fingerprint density at radius 3 is 2.53 bits per heavy atom. The van der Waals surface area contributed by atoms with Crippen molar-refractivity contribution < 1.29 is 19.2 Å². The normalized spacial score (nSPS) is 12.5. The van der Waals surface area contributed by atoms with E-state index in [1.54, 1.807) is 13.8 Å². The number of amides is 1. The fourth-order valence-corrected chi connectivity index (χ4v) is 1.67. The van der Waals surface area contributed by atoms with E-state index in [9.17, 15) is 9.59 Å². The lowest BCUT2D eigenvalue weighted by Crippen LogP contribution is -2.28. The van der Waals surface area contributed by atoms with Gasteiger partial charge in [-0.25, -0.2) is 0 Å². The maximum absolute atomic E-state index is 12.0. The topological polar surface area (TPSA) is 92.4 Å². The summed E-state index contributed by atoms with van der Waals surface area (Å²) < 4.78 is 5.14. The summed E-state index contributed by atoms with van der Waals surface area (Å²) in [5.41, 5.74) is 1.01. The number of carbonyl (C=O) groups excluding carboxylic acids is 1. The molecule has 0 saturated heterocycles. The molecule has 0 saturated carbocycles. The SMILES string of the molecule is Cc1noc(C(C)C)c1C(=O)NCCC(C)C(=O)O. The number of aliphatic carboxylic acids is 1. The molecular formula is C13H20N2O4. The van der Waals surface area contributed by atoms with Gasteiger partial charge in [0.2, 0.25) is 0 Å². The van der Waals surface area contributed by atoms with Crippen LogP contribution in [0.2, 0.25) is 0 Å². The Balaban J connectivity index is 2.64. The first-order chi connectivity index (χ1) is 8.84. The molecule has 0 aliphatic carbocycles. The largest absolute Gasteiger partial charge is 0.481 e. The van der Waals surface area contributed by atoms with E-state index < -0.39 is 11.9 Å². The van der Waals surface area contributed by atoms with E-state index in [-0.39, 0.29) is 11.8 Å². The molecule has 0 aliphatic rings. The third-order valence-electron chi connectivity index (χ3n) is 2.93. The number of nitrogens with one attached hydrogen (secondary N) is 1. The minimum Gasteiger partial charge on any atom is -0.481 e. The zero-order chi connectivity index (χ0) is 14.6. The number of aryl methyl sites for hydroxylation is 1. The highest BCUT2D eigenvalue weighted by atomic mass is 16.5. The minimum absolute atomic E-state index is 0.0693. The monoisotopic (exact) mass is 268 g/mol. The Hall–Kier alpha value is -1.85. The summed E-state index contributed by atoms with van der Waals surface area (Å²) in [6, 6.07) is 0. The summed E-state index contributed by atoms with van der Waals surface area (Å²) in [7, 11) is 0. The average Bonchev–Trinajstić information content (AvgIpc) is 2.70. The van der Waals surface area contributed by atoms with Gasteiger partial charge in [-0.2, -0.15) is 0 Å². The second-order valence-electron chi connectivity index (χ2n) is 4.95. The van der Waals surface area contributed by atoms with Crippen LogP contribution < -0.4 is 5.32 Å². The van der Waals surface area contributed by atoms with Gasteiger partial charge in [-0.05, 0) is 13.3 Å². The molecule has 1 aromatic rings. The van der Waals surface area contributed by atoms with Gasteiger partial charge in [0.1, 0.15) is 5.56 Å². The van der Waals surface area contributed by atoms with Gasteiger partial charge in [0.25, 0.3) is 5.91 Å². The van der Waals surface area contributed by atoms with E-state index in [4.69, 9.17) is 9.63 Å². The van der Waals surface area contributed by atoms with Gasteiger partial charge in [-0.1, -0.05) is 25.9 Å². The summed E-state index contributed by atoms with van der Waals surface area (Å²) in [6.45, 7) is 7.48. The van der Waals surface area contributed by atoms with E-state index in [0.29, 0.717) is 30.0 Å². The molecule has 19 heavy (non-hydrogen) atoms. The molecule has 6 nitrogen and oxygen atoms in total. The number of nitrogens with zero attached hydrogens (tertiary/aromatic N) is 1. The highest BCUT2D eigenvalue weighted by Crippen LogP contribution is 2.21. The van der Waals surface area contributed by atoms with Crippen LogP contribution in [0.1, 0.15) is 54.9 Å². The Bertz CT molecular complexity index is 465. The fourth-order valence-electron chi connectivity index (χ4n) is 1.67. The Labute approximate surface area is 112 Å². The zero-order valence-electron chi connectivity index (χ0n) is 11.7. The molecule has 6 heteroatoms. The molecule has 1 rings (SSSR count). The molecule has 0 bridgehead atoms. The third kappa shape index (κ3) is 3.81. The first-order valence-electron chi connectivity index (χ1n) is 6.31. The van der Waals surface area contributed by atoms with E-state index in [1.165, 1.54) is 0 Å². The van der Waals surface area contributed by atoms with Crippen molar-refractivity contribution in [2.24, 2.45) is 5.92 Å². The van der Waals surface area contributed by atoms with E-state index in [1.807, 2.05) is 13.8 Å². The van der Waals surface area contributed by atoms with E-state index in [2.05, 4.69) is 10.5 Å². The highest BCUT2D eigenvalue weighted by Gasteiger charge is 2.22. The number of hydrogen-bond donors (Lipinski definition) is 2. The number of aromatic nitrogens is 1. The number of hydrogen-bond acceptors (Lipinski definition) is 4. The van der Waals surface area contributed by atoms with E-state index in [0.717, 1.165) is 0 Å². The lowest BCUT2D eigenvalue weighted by molar-refractivity contribution is -0.141. The lowest BCUT2D eigenvalue weighted by Gasteiger charge is -2.09. The van der Waals surface area contributed by atoms with Gasteiger partial charge in [-0.3, -0.25) is 9.59 Å². The van der Waals surface area contributed by atoms with Crippen LogP contribution in [0.15, 0.2) is 4.52 Å². The van der Waals surface area contributed by atoms with Crippen molar-refractivity contribution in [3.8, 4) is 0 Å². The summed E-state index contributed by atoms with van der Waals surface area (Å²) in [5, 5.41) is 15.3. The van der Waals surface area contributed by atoms with Gasteiger partial charge >= 0.3 is 5.97 Å². The van der Waals surface area contributed by atoms with Gasteiger partial charge in [0.15, 0.2) is 5.76 Å². The quantitative estimate of drug-likeness (QED) is 0.822. The number of carboxylic acids is 1. The van der Waals surface area contributed by atoms with Crippen LogP contribution in [0.25, 0.3) is 0 Å². The van der Waals surface area contributed by atoms with Crippen LogP contribution >= 0.6 is 0 Å². The Morgan fingerprint density at radius 2 is 2.00 bits per heavy atom. The van der Waals surface area contributed by atoms with E-state index >= 15 is 0 Å². The third-order valence-corrected chi connectivity index (χ3v) is 2.93. The van der Waals surface area contributed by atoms with Gasteiger partial charge < -0.3 is 14.9 Å². The average molecular weight is 268 g/mol. The molecule has 0 aromatic carbocycles. The summed E-state index contributed by atoms with van der Waals surface area (Å²) in [6.07, 6.45) is 0.391. The van der Waals surface area contributed by atoms with Crippen molar-refractivity contribution in [1.29, 1.82) is 0 Å². The number of carboxylic acid groups (broad SMARTS) is 1. The smallest absolute Gasteiger partial charge is 0.306 e. The molecule has 1 amide bonds. The molecule has 0 spiro atoms. The number of rotatable bonds is 6. The van der Waals surface area contributed by atoms with Crippen molar-refractivity contribution in [3.63, 3.8) is 0 Å². The second-order valence-corrected chi connectivity index (χ2v) is 4.95. The summed E-state index contributed by atoms with van der Waals surface area (Å²) >= 11 is 0. The maximum Gasteiger partial charge on any atom is 0.306 e. The molecule has 1 heterocycles. The van der Waals surface area contributed by atoms with Crippen LogP contribution in [0, 0.1) is 12.8 Å². The van der Waals surface area contributed by atoms with Crippen LogP contribution in [0.3, 0.4) is 0 Å². The summed E-state index contributed by atoms with van der Waals surface area (Å²) in [4.78, 5) is 22.7. The first kappa shape index (κ1) is 15.2. The number of carbonyl (C=O) groups is 2. The lowest BCUT2D eigenvalue weighted by atomic mass is 10.0. The van der Waals surface area contributed by atoms with Crippen molar-refractivity contribution in [3.05, 3.63) is 17.0 Å². The molecular weight excluding hydrogens is 248 g/mol. The molecule has 2 N–H and O–H groups in total. The molecule has 0 aliphatic heterocycles. The molecule has 0 fully saturated rings.